The fourth-order valence-electron chi connectivity index (χ4n) is 4.43. The number of hydrogen-bond donors (Lipinski definition) is 2. The molecule has 0 amide bonds. The Labute approximate surface area is 194 Å². The molecule has 0 atom stereocenters. The molecule has 0 aliphatic carbocycles. The number of ether oxygens (including phenoxy) is 2. The van der Waals surface area contributed by atoms with Crippen LogP contribution in [0.3, 0.4) is 0 Å². The smallest absolute Gasteiger partial charge is 0.232 e. The van der Waals surface area contributed by atoms with Crippen LogP contribution in [0.5, 0.6) is 11.5 Å². The zero-order chi connectivity index (χ0) is 21.8. The van der Waals surface area contributed by atoms with Gasteiger partial charge in [0.05, 0.1) is 0 Å². The molecular weight excluding hydrogens is 424 g/mol. The van der Waals surface area contributed by atoms with Crippen molar-refractivity contribution >= 4 is 34.9 Å². The van der Waals surface area contributed by atoms with E-state index in [4.69, 9.17) is 31.7 Å². The number of anilines is 3. The average Bonchev–Trinajstić information content (AvgIpc) is 3.32. The van der Waals surface area contributed by atoms with Crippen molar-refractivity contribution in [3.8, 4) is 11.5 Å². The molecule has 5 rings (SSSR count). The molecular formula is C23H30N6O2S. The van der Waals surface area contributed by atoms with Gasteiger partial charge in [0.2, 0.25) is 12.7 Å². The average molecular weight is 455 g/mol. The molecule has 2 aromatic rings. The molecule has 8 nitrogen and oxygen atoms in total. The number of rotatable bonds is 5. The predicted molar refractivity (Wildman–Crippen MR) is 130 cm³/mol. The van der Waals surface area contributed by atoms with Gasteiger partial charge < -0.3 is 29.9 Å². The molecule has 2 saturated heterocycles. The Bertz CT molecular complexity index is 923. The van der Waals surface area contributed by atoms with Crippen LogP contribution in [0, 0.1) is 0 Å². The molecule has 2 fully saturated rings. The van der Waals surface area contributed by atoms with E-state index in [1.807, 2.05) is 18.2 Å². The monoisotopic (exact) mass is 454 g/mol. The molecule has 9 heteroatoms. The van der Waals surface area contributed by atoms with Crippen LogP contribution in [0.15, 0.2) is 24.3 Å². The van der Waals surface area contributed by atoms with Gasteiger partial charge in [-0.2, -0.15) is 9.97 Å². The van der Waals surface area contributed by atoms with Crippen molar-refractivity contribution in [2.45, 2.75) is 45.1 Å². The van der Waals surface area contributed by atoms with Crippen molar-refractivity contribution in [3.63, 3.8) is 0 Å². The van der Waals surface area contributed by atoms with Gasteiger partial charge in [0, 0.05) is 38.8 Å². The standard InChI is InChI=1S/C23H30N6O2S/c32-23(24-15-17-7-8-18-19(13-17)31-16-30-18)27-22-25-20(28-9-3-1-4-10-28)14-21(26-22)29-11-5-2-6-12-29/h7-8,13-14H,1-6,9-12,15-16H2,(H2,24,25,26,27,32). The van der Waals surface area contributed by atoms with Crippen LogP contribution in [0.4, 0.5) is 17.6 Å². The summed E-state index contributed by atoms with van der Waals surface area (Å²) in [5, 5.41) is 6.97. The molecule has 0 unspecified atom stereocenters. The quantitative estimate of drug-likeness (QED) is 0.658. The highest BCUT2D eigenvalue weighted by atomic mass is 32.1. The minimum atomic E-state index is 0.274. The highest BCUT2D eigenvalue weighted by Crippen LogP contribution is 2.32. The molecule has 3 aliphatic heterocycles. The number of thiocarbonyl (C=S) groups is 1. The summed E-state index contributed by atoms with van der Waals surface area (Å²) in [5.74, 6) is 4.08. The van der Waals surface area contributed by atoms with E-state index in [9.17, 15) is 0 Å². The summed E-state index contributed by atoms with van der Waals surface area (Å²) >= 11 is 5.55. The Hall–Kier alpha value is -2.81. The van der Waals surface area contributed by atoms with E-state index in [1.54, 1.807) is 0 Å². The van der Waals surface area contributed by atoms with E-state index in [2.05, 4.69) is 26.5 Å². The lowest BCUT2D eigenvalue weighted by atomic mass is 10.1. The largest absolute Gasteiger partial charge is 0.454 e. The number of aromatic nitrogens is 2. The highest BCUT2D eigenvalue weighted by molar-refractivity contribution is 7.80. The van der Waals surface area contributed by atoms with Crippen LogP contribution < -0.4 is 29.9 Å². The molecule has 4 heterocycles. The Morgan fingerprint density at radius 2 is 1.47 bits per heavy atom. The van der Waals surface area contributed by atoms with Crippen molar-refractivity contribution in [1.82, 2.24) is 15.3 Å². The molecule has 1 aromatic heterocycles. The van der Waals surface area contributed by atoms with Gasteiger partial charge in [-0.25, -0.2) is 0 Å². The summed E-state index contributed by atoms with van der Waals surface area (Å²) in [7, 11) is 0. The van der Waals surface area contributed by atoms with Crippen molar-refractivity contribution in [3.05, 3.63) is 29.8 Å². The van der Waals surface area contributed by atoms with Gasteiger partial charge in [-0.15, -0.1) is 0 Å². The van der Waals surface area contributed by atoms with Crippen LogP contribution in [-0.4, -0.2) is 48.1 Å². The third kappa shape index (κ3) is 4.98. The number of fused-ring (bicyclic) bond motifs is 1. The van der Waals surface area contributed by atoms with E-state index >= 15 is 0 Å². The van der Waals surface area contributed by atoms with Crippen LogP contribution in [-0.2, 0) is 6.54 Å². The van der Waals surface area contributed by atoms with Gasteiger partial charge in [-0.05, 0) is 68.4 Å². The highest BCUT2D eigenvalue weighted by Gasteiger charge is 2.19. The Morgan fingerprint density at radius 1 is 0.844 bits per heavy atom. The minimum Gasteiger partial charge on any atom is -0.454 e. The third-order valence-electron chi connectivity index (χ3n) is 6.17. The maximum atomic E-state index is 5.55. The van der Waals surface area contributed by atoms with E-state index in [1.165, 1.54) is 38.5 Å². The maximum absolute atomic E-state index is 5.55. The fourth-order valence-corrected chi connectivity index (χ4v) is 4.59. The lowest BCUT2D eigenvalue weighted by molar-refractivity contribution is 0.174. The topological polar surface area (TPSA) is 74.8 Å². The van der Waals surface area contributed by atoms with Gasteiger partial charge in [-0.3, -0.25) is 0 Å². The van der Waals surface area contributed by atoms with Gasteiger partial charge in [0.25, 0.3) is 0 Å². The first-order valence-electron chi connectivity index (χ1n) is 11.6. The second-order valence-electron chi connectivity index (χ2n) is 8.50. The van der Waals surface area contributed by atoms with Crippen LogP contribution in [0.1, 0.15) is 44.1 Å². The lowest BCUT2D eigenvalue weighted by Gasteiger charge is -2.31. The number of piperidine rings is 2. The van der Waals surface area contributed by atoms with Gasteiger partial charge in [0.1, 0.15) is 11.6 Å². The van der Waals surface area contributed by atoms with Crippen molar-refractivity contribution in [2.75, 3.05) is 48.1 Å². The summed E-state index contributed by atoms with van der Waals surface area (Å²) < 4.78 is 10.8. The lowest BCUT2D eigenvalue weighted by Crippen LogP contribution is -2.34. The second-order valence-corrected chi connectivity index (χ2v) is 8.91. The Balaban J connectivity index is 1.28. The summed E-state index contributed by atoms with van der Waals surface area (Å²) in [5.41, 5.74) is 1.07. The summed E-state index contributed by atoms with van der Waals surface area (Å²) in [6.45, 7) is 5.03. The first-order chi connectivity index (χ1) is 15.7. The zero-order valence-electron chi connectivity index (χ0n) is 18.3. The second kappa shape index (κ2) is 9.77. The van der Waals surface area contributed by atoms with E-state index < -0.39 is 0 Å². The van der Waals surface area contributed by atoms with E-state index in [0.717, 1.165) is 54.9 Å². The summed E-state index contributed by atoms with van der Waals surface area (Å²) in [6, 6.07) is 8.04. The molecule has 170 valence electrons. The number of benzene rings is 1. The molecule has 0 spiro atoms. The van der Waals surface area contributed by atoms with Crippen molar-refractivity contribution in [1.29, 1.82) is 0 Å². The Kier molecular flexibility index (Phi) is 6.43. The molecule has 2 N–H and O–H groups in total. The third-order valence-corrected chi connectivity index (χ3v) is 6.42. The molecule has 3 aliphatic rings. The summed E-state index contributed by atoms with van der Waals surface area (Å²) in [4.78, 5) is 14.4. The summed E-state index contributed by atoms with van der Waals surface area (Å²) in [6.07, 6.45) is 7.42. The molecule has 0 bridgehead atoms. The molecule has 32 heavy (non-hydrogen) atoms. The maximum Gasteiger partial charge on any atom is 0.232 e. The van der Waals surface area contributed by atoms with Crippen LogP contribution in [0.25, 0.3) is 0 Å². The van der Waals surface area contributed by atoms with Gasteiger partial charge in [-0.1, -0.05) is 6.07 Å². The first kappa shape index (κ1) is 21.1. The van der Waals surface area contributed by atoms with Crippen LogP contribution in [0.2, 0.25) is 0 Å². The number of hydrogen-bond acceptors (Lipinski definition) is 7. The fraction of sp³-hybridized carbons (Fsp3) is 0.522. The predicted octanol–water partition coefficient (Wildman–Crippen LogP) is 3.67. The first-order valence-corrected chi connectivity index (χ1v) is 12.0. The Morgan fingerprint density at radius 3 is 2.12 bits per heavy atom. The number of nitrogens with one attached hydrogen (secondary N) is 2. The van der Waals surface area contributed by atoms with Crippen molar-refractivity contribution in [2.24, 2.45) is 0 Å². The molecule has 0 saturated carbocycles. The molecule has 1 aromatic carbocycles. The van der Waals surface area contributed by atoms with E-state index in [0.29, 0.717) is 17.6 Å². The minimum absolute atomic E-state index is 0.274. The van der Waals surface area contributed by atoms with Crippen molar-refractivity contribution < 1.29 is 9.47 Å². The SMILES string of the molecule is S=C(NCc1ccc2c(c1)OCO2)Nc1nc(N2CCCCC2)cc(N2CCCCC2)n1. The number of nitrogens with zero attached hydrogens (tertiary/aromatic N) is 4. The van der Waals surface area contributed by atoms with Gasteiger partial charge >= 0.3 is 0 Å². The van der Waals surface area contributed by atoms with Crippen LogP contribution >= 0.6 is 12.2 Å². The normalized spacial score (nSPS) is 17.9. The zero-order valence-corrected chi connectivity index (χ0v) is 19.1. The van der Waals surface area contributed by atoms with Gasteiger partial charge in [0.15, 0.2) is 16.6 Å². The molecule has 0 radical (unpaired) electrons. The van der Waals surface area contributed by atoms with E-state index in [-0.39, 0.29) is 6.79 Å².